The molecule has 122 valence electrons. The molecule has 0 aliphatic carbocycles. The van der Waals surface area contributed by atoms with Gasteiger partial charge in [0.2, 0.25) is 5.75 Å². The van der Waals surface area contributed by atoms with Gasteiger partial charge in [0.05, 0.1) is 5.41 Å². The van der Waals surface area contributed by atoms with Crippen LogP contribution in [0.25, 0.3) is 5.65 Å². The van der Waals surface area contributed by atoms with Crippen LogP contribution in [0.3, 0.4) is 0 Å². The normalized spacial score (nSPS) is 11.5. The largest absolute Gasteiger partial charge is 0.476 e. The van der Waals surface area contributed by atoms with Gasteiger partial charge in [-0.2, -0.15) is 0 Å². The number of aromatic nitrogens is 2. The lowest BCUT2D eigenvalue weighted by molar-refractivity contribution is -0.143. The van der Waals surface area contributed by atoms with Crippen molar-refractivity contribution in [3.63, 3.8) is 0 Å². The van der Waals surface area contributed by atoms with Crippen LogP contribution in [-0.4, -0.2) is 26.4 Å². The van der Waals surface area contributed by atoms with Crippen LogP contribution in [-0.2, 0) is 4.79 Å². The molecule has 2 heterocycles. The van der Waals surface area contributed by atoms with E-state index in [4.69, 9.17) is 4.74 Å². The zero-order valence-electron chi connectivity index (χ0n) is 13.0. The van der Waals surface area contributed by atoms with Crippen molar-refractivity contribution >= 4 is 33.5 Å². The van der Waals surface area contributed by atoms with Gasteiger partial charge >= 0.3 is 17.5 Å². The van der Waals surface area contributed by atoms with Gasteiger partial charge in [-0.1, -0.05) is 0 Å². The summed E-state index contributed by atoms with van der Waals surface area (Å²) < 4.78 is 6.91. The van der Waals surface area contributed by atoms with Gasteiger partial charge in [-0.05, 0) is 55.8 Å². The number of halogens is 1. The van der Waals surface area contributed by atoms with Gasteiger partial charge in [0.25, 0.3) is 0 Å². The highest BCUT2D eigenvalue weighted by atomic mass is 79.9. The van der Waals surface area contributed by atoms with E-state index in [1.807, 2.05) is 0 Å². The van der Waals surface area contributed by atoms with E-state index < -0.39 is 34.4 Å². The molecular formula is C15H15BrN2O5. The molecule has 0 amide bonds. The number of esters is 1. The van der Waals surface area contributed by atoms with Gasteiger partial charge in [-0.15, -0.1) is 0 Å². The SMILES string of the molecule is Cc1c(Br)ccc2nc(C(=O)O)c(OC(=O)C(C)(C)C)c(=O)n12. The van der Waals surface area contributed by atoms with Crippen molar-refractivity contribution in [2.45, 2.75) is 27.7 Å². The van der Waals surface area contributed by atoms with Crippen LogP contribution in [0.15, 0.2) is 21.4 Å². The fourth-order valence-electron chi connectivity index (χ4n) is 1.82. The third-order valence-corrected chi connectivity index (χ3v) is 3.98. The lowest BCUT2D eigenvalue weighted by Crippen LogP contribution is -2.31. The Morgan fingerprint density at radius 3 is 2.43 bits per heavy atom. The summed E-state index contributed by atoms with van der Waals surface area (Å²) >= 11 is 3.29. The first-order valence-corrected chi connectivity index (χ1v) is 7.50. The number of pyridine rings is 1. The zero-order chi connectivity index (χ0) is 17.5. The number of hydrogen-bond acceptors (Lipinski definition) is 5. The lowest BCUT2D eigenvalue weighted by Gasteiger charge is -2.17. The van der Waals surface area contributed by atoms with E-state index in [1.54, 1.807) is 33.8 Å². The molecular weight excluding hydrogens is 368 g/mol. The van der Waals surface area contributed by atoms with Gasteiger partial charge in [0.1, 0.15) is 5.65 Å². The molecule has 0 aliphatic heterocycles. The number of carbonyl (C=O) groups is 2. The number of hydrogen-bond donors (Lipinski definition) is 1. The molecule has 7 nitrogen and oxygen atoms in total. The number of rotatable bonds is 2. The molecule has 0 fully saturated rings. The minimum Gasteiger partial charge on any atom is -0.476 e. The second-order valence-corrected chi connectivity index (χ2v) is 6.85. The standard InChI is InChI=1S/C15H15BrN2O5/c1-7-8(16)5-6-9-17-10(13(20)21)11(12(19)18(7)9)23-14(22)15(2,3)4/h5-6H,1-4H3,(H,20,21). The summed E-state index contributed by atoms with van der Waals surface area (Å²) in [5.41, 5.74) is -1.56. The molecule has 0 aromatic carbocycles. The molecule has 0 saturated heterocycles. The maximum absolute atomic E-state index is 12.7. The summed E-state index contributed by atoms with van der Waals surface area (Å²) in [4.78, 5) is 40.0. The van der Waals surface area contributed by atoms with Crippen LogP contribution in [0.1, 0.15) is 37.0 Å². The first-order chi connectivity index (χ1) is 10.5. The zero-order valence-corrected chi connectivity index (χ0v) is 14.6. The van der Waals surface area contributed by atoms with Crippen molar-refractivity contribution < 1.29 is 19.4 Å². The highest BCUT2D eigenvalue weighted by molar-refractivity contribution is 9.10. The molecule has 2 rings (SSSR count). The van der Waals surface area contributed by atoms with Crippen molar-refractivity contribution in [2.24, 2.45) is 5.41 Å². The van der Waals surface area contributed by atoms with E-state index in [9.17, 15) is 19.5 Å². The number of fused-ring (bicyclic) bond motifs is 1. The van der Waals surface area contributed by atoms with E-state index in [-0.39, 0.29) is 5.65 Å². The Morgan fingerprint density at radius 1 is 1.30 bits per heavy atom. The van der Waals surface area contributed by atoms with Crippen LogP contribution in [0.4, 0.5) is 0 Å². The van der Waals surface area contributed by atoms with Gasteiger partial charge < -0.3 is 9.84 Å². The molecule has 0 spiro atoms. The molecule has 0 atom stereocenters. The van der Waals surface area contributed by atoms with Crippen LogP contribution < -0.4 is 10.3 Å². The predicted molar refractivity (Wildman–Crippen MR) is 85.9 cm³/mol. The molecule has 2 aromatic heterocycles. The average molecular weight is 383 g/mol. The number of ether oxygens (including phenoxy) is 1. The van der Waals surface area contributed by atoms with Crippen molar-refractivity contribution in [1.29, 1.82) is 0 Å². The predicted octanol–water partition coefficient (Wildman–Crippen LogP) is 2.42. The fraction of sp³-hybridized carbons (Fsp3) is 0.333. The number of aromatic carboxylic acids is 1. The molecule has 0 unspecified atom stereocenters. The van der Waals surface area contributed by atoms with E-state index in [0.717, 1.165) is 0 Å². The van der Waals surface area contributed by atoms with Gasteiger partial charge in [-0.25, -0.2) is 9.78 Å². The number of carboxylic acid groups (broad SMARTS) is 1. The Labute approximate surface area is 140 Å². The average Bonchev–Trinajstić information content (AvgIpc) is 2.43. The van der Waals surface area contributed by atoms with Crippen molar-refractivity contribution in [2.75, 3.05) is 0 Å². The Balaban J connectivity index is 2.81. The lowest BCUT2D eigenvalue weighted by atomic mass is 9.97. The Hall–Kier alpha value is -2.22. The van der Waals surface area contributed by atoms with E-state index in [2.05, 4.69) is 20.9 Å². The molecule has 0 bridgehead atoms. The van der Waals surface area contributed by atoms with Crippen molar-refractivity contribution in [1.82, 2.24) is 9.38 Å². The summed E-state index contributed by atoms with van der Waals surface area (Å²) in [6.07, 6.45) is 0. The van der Waals surface area contributed by atoms with Crippen molar-refractivity contribution in [3.05, 3.63) is 38.3 Å². The molecule has 23 heavy (non-hydrogen) atoms. The molecule has 0 radical (unpaired) electrons. The molecule has 1 N–H and O–H groups in total. The molecule has 2 aromatic rings. The number of nitrogens with zero attached hydrogens (tertiary/aromatic N) is 2. The van der Waals surface area contributed by atoms with Crippen LogP contribution in [0, 0.1) is 12.3 Å². The molecule has 0 saturated carbocycles. The summed E-state index contributed by atoms with van der Waals surface area (Å²) in [5, 5.41) is 9.28. The summed E-state index contributed by atoms with van der Waals surface area (Å²) in [6, 6.07) is 3.16. The maximum Gasteiger partial charge on any atom is 0.358 e. The number of carbonyl (C=O) groups excluding carboxylic acids is 1. The quantitative estimate of drug-likeness (QED) is 0.800. The van der Waals surface area contributed by atoms with E-state index in [1.165, 1.54) is 10.5 Å². The topological polar surface area (TPSA) is 98.0 Å². The van der Waals surface area contributed by atoms with Crippen molar-refractivity contribution in [3.8, 4) is 5.75 Å². The Morgan fingerprint density at radius 2 is 1.91 bits per heavy atom. The Bertz CT molecular complexity index is 880. The van der Waals surface area contributed by atoms with Gasteiger partial charge in [0, 0.05) is 10.2 Å². The third-order valence-electron chi connectivity index (χ3n) is 3.14. The fourth-order valence-corrected chi connectivity index (χ4v) is 2.13. The van der Waals surface area contributed by atoms with Gasteiger partial charge in [0.15, 0.2) is 5.69 Å². The van der Waals surface area contributed by atoms with Crippen LogP contribution in [0.2, 0.25) is 0 Å². The second kappa shape index (κ2) is 5.77. The second-order valence-electron chi connectivity index (χ2n) is 6.00. The minimum absolute atomic E-state index is 0.156. The third kappa shape index (κ3) is 3.12. The van der Waals surface area contributed by atoms with Gasteiger partial charge in [-0.3, -0.25) is 14.0 Å². The monoisotopic (exact) mass is 382 g/mol. The summed E-state index contributed by atoms with van der Waals surface area (Å²) in [6.45, 7) is 6.47. The smallest absolute Gasteiger partial charge is 0.358 e. The first-order valence-electron chi connectivity index (χ1n) is 6.71. The highest BCUT2D eigenvalue weighted by Crippen LogP contribution is 2.22. The Kier molecular flexibility index (Phi) is 4.30. The number of aryl methyl sites for hydroxylation is 1. The molecule has 8 heteroatoms. The van der Waals surface area contributed by atoms with Crippen LogP contribution >= 0.6 is 15.9 Å². The highest BCUT2D eigenvalue weighted by Gasteiger charge is 2.29. The maximum atomic E-state index is 12.7. The first kappa shape index (κ1) is 17.1. The minimum atomic E-state index is -1.44. The van der Waals surface area contributed by atoms with E-state index in [0.29, 0.717) is 10.2 Å². The molecule has 0 aliphatic rings. The summed E-state index contributed by atoms with van der Waals surface area (Å²) in [5.74, 6) is -2.75. The van der Waals surface area contributed by atoms with E-state index >= 15 is 0 Å². The van der Waals surface area contributed by atoms with Crippen LogP contribution in [0.5, 0.6) is 5.75 Å². The summed E-state index contributed by atoms with van der Waals surface area (Å²) in [7, 11) is 0. The number of carboxylic acids is 1.